The molecule has 0 saturated carbocycles. The van der Waals surface area contributed by atoms with Gasteiger partial charge in [0.1, 0.15) is 5.75 Å². The molecule has 0 spiro atoms. The Morgan fingerprint density at radius 3 is 2.79 bits per heavy atom. The number of benzene rings is 1. The number of phenolic OH excluding ortho intramolecular Hbond substituents is 1. The van der Waals surface area contributed by atoms with Crippen molar-refractivity contribution < 1.29 is 9.90 Å². The molecule has 3 nitrogen and oxygen atoms in total. The third-order valence-corrected chi connectivity index (χ3v) is 2.94. The molecule has 1 aromatic rings. The second-order valence-electron chi connectivity index (χ2n) is 3.03. The van der Waals surface area contributed by atoms with E-state index in [0.29, 0.717) is 5.56 Å². The number of rotatable bonds is 2. The topological polar surface area (TPSA) is 49.7 Å². The predicted octanol–water partition coefficient (Wildman–Crippen LogP) is 2.61. The van der Waals surface area contributed by atoms with E-state index in [-0.39, 0.29) is 12.3 Å². The number of isocyanates is 1. The summed E-state index contributed by atoms with van der Waals surface area (Å²) in [4.78, 5) is 13.4. The van der Waals surface area contributed by atoms with Gasteiger partial charge in [-0.05, 0) is 31.0 Å². The fourth-order valence-corrected chi connectivity index (χ4v) is 1.81. The number of nitrogens with zero attached hydrogens (tertiary/aromatic N) is 1. The molecule has 0 amide bonds. The highest BCUT2D eigenvalue weighted by atomic mass is 79.9. The number of hydrogen-bond donors (Lipinski definition) is 1. The highest BCUT2D eigenvalue weighted by Crippen LogP contribution is 2.31. The fourth-order valence-electron chi connectivity index (χ4n) is 1.23. The highest BCUT2D eigenvalue weighted by molar-refractivity contribution is 9.10. The molecule has 0 fully saturated rings. The summed E-state index contributed by atoms with van der Waals surface area (Å²) in [5.41, 5.74) is 2.32. The van der Waals surface area contributed by atoms with Gasteiger partial charge in [0.05, 0.1) is 6.54 Å². The molecule has 0 aliphatic carbocycles. The van der Waals surface area contributed by atoms with Crippen LogP contribution in [0, 0.1) is 13.8 Å². The average molecular weight is 256 g/mol. The van der Waals surface area contributed by atoms with E-state index in [0.717, 1.165) is 15.6 Å². The van der Waals surface area contributed by atoms with Gasteiger partial charge >= 0.3 is 0 Å². The Morgan fingerprint density at radius 1 is 1.57 bits per heavy atom. The van der Waals surface area contributed by atoms with E-state index in [9.17, 15) is 9.90 Å². The van der Waals surface area contributed by atoms with E-state index >= 15 is 0 Å². The summed E-state index contributed by atoms with van der Waals surface area (Å²) in [6.45, 7) is 3.83. The lowest BCUT2D eigenvalue weighted by Gasteiger charge is -2.10. The molecular weight excluding hydrogens is 246 g/mol. The van der Waals surface area contributed by atoms with Crippen molar-refractivity contribution in [1.82, 2.24) is 0 Å². The molecular formula is C10H10BrNO2. The summed E-state index contributed by atoms with van der Waals surface area (Å²) < 4.78 is 0.906. The molecule has 74 valence electrons. The van der Waals surface area contributed by atoms with Crippen molar-refractivity contribution in [3.63, 3.8) is 0 Å². The minimum atomic E-state index is 0.168. The van der Waals surface area contributed by atoms with Crippen molar-refractivity contribution in [2.45, 2.75) is 20.4 Å². The van der Waals surface area contributed by atoms with Crippen LogP contribution in [0.2, 0.25) is 0 Å². The minimum absolute atomic E-state index is 0.168. The molecule has 0 bridgehead atoms. The van der Waals surface area contributed by atoms with Crippen molar-refractivity contribution in [3.8, 4) is 5.75 Å². The summed E-state index contributed by atoms with van der Waals surface area (Å²) in [7, 11) is 0. The van der Waals surface area contributed by atoms with Gasteiger partial charge in [-0.15, -0.1) is 0 Å². The molecule has 0 aromatic heterocycles. The Bertz CT molecular complexity index is 383. The predicted molar refractivity (Wildman–Crippen MR) is 57.1 cm³/mol. The van der Waals surface area contributed by atoms with Crippen LogP contribution in [0.25, 0.3) is 0 Å². The van der Waals surface area contributed by atoms with Gasteiger partial charge in [-0.3, -0.25) is 0 Å². The number of aliphatic imine (C=N–C) groups is 1. The van der Waals surface area contributed by atoms with Crippen LogP contribution in [0.15, 0.2) is 15.5 Å². The van der Waals surface area contributed by atoms with Crippen molar-refractivity contribution in [2.24, 2.45) is 4.99 Å². The number of hydrogen-bond acceptors (Lipinski definition) is 3. The van der Waals surface area contributed by atoms with Crippen molar-refractivity contribution in [1.29, 1.82) is 0 Å². The number of carbonyl (C=O) groups excluding carboxylic acids is 1. The van der Waals surface area contributed by atoms with Gasteiger partial charge in [0.15, 0.2) is 0 Å². The lowest BCUT2D eigenvalue weighted by molar-refractivity contribution is 0.463. The summed E-state index contributed by atoms with van der Waals surface area (Å²) in [6, 6.07) is 1.83. The third-order valence-electron chi connectivity index (χ3n) is 2.12. The largest absolute Gasteiger partial charge is 0.507 e. The molecule has 0 aliphatic rings. The number of phenols is 1. The molecule has 0 atom stereocenters. The molecule has 1 rings (SSSR count). The molecule has 0 heterocycles. The lowest BCUT2D eigenvalue weighted by Crippen LogP contribution is -1.92. The van der Waals surface area contributed by atoms with Gasteiger partial charge < -0.3 is 5.11 Å². The lowest BCUT2D eigenvalue weighted by atomic mass is 10.0. The molecule has 1 N–H and O–H groups in total. The first kappa shape index (κ1) is 11.0. The Balaban J connectivity index is 3.31. The first-order chi connectivity index (χ1) is 6.57. The van der Waals surface area contributed by atoms with E-state index in [4.69, 9.17) is 0 Å². The summed E-state index contributed by atoms with van der Waals surface area (Å²) in [5, 5.41) is 9.72. The average Bonchev–Trinajstić information content (AvgIpc) is 2.15. The van der Waals surface area contributed by atoms with E-state index in [1.807, 2.05) is 13.0 Å². The molecule has 0 aliphatic heterocycles. The van der Waals surface area contributed by atoms with Gasteiger partial charge in [0, 0.05) is 10.0 Å². The van der Waals surface area contributed by atoms with Gasteiger partial charge in [0.2, 0.25) is 6.08 Å². The van der Waals surface area contributed by atoms with E-state index in [1.54, 1.807) is 6.92 Å². The Morgan fingerprint density at radius 2 is 2.21 bits per heavy atom. The monoisotopic (exact) mass is 255 g/mol. The number of aromatic hydroxyl groups is 1. The maximum atomic E-state index is 9.99. The smallest absolute Gasteiger partial charge is 0.235 e. The van der Waals surface area contributed by atoms with E-state index in [2.05, 4.69) is 20.9 Å². The van der Waals surface area contributed by atoms with Crippen molar-refractivity contribution in [3.05, 3.63) is 27.2 Å². The molecule has 4 heteroatoms. The summed E-state index contributed by atoms with van der Waals surface area (Å²) in [6.07, 6.45) is 1.46. The van der Waals surface area contributed by atoms with Gasteiger partial charge in [0.25, 0.3) is 0 Å². The van der Waals surface area contributed by atoms with Crippen LogP contribution in [0.4, 0.5) is 0 Å². The van der Waals surface area contributed by atoms with Crippen LogP contribution in [0.1, 0.15) is 16.7 Å². The zero-order valence-corrected chi connectivity index (χ0v) is 9.55. The first-order valence-corrected chi connectivity index (χ1v) is 4.88. The molecule has 0 radical (unpaired) electrons. The Labute approximate surface area is 90.6 Å². The van der Waals surface area contributed by atoms with Gasteiger partial charge in [-0.25, -0.2) is 9.79 Å². The molecule has 0 saturated heterocycles. The van der Waals surface area contributed by atoms with E-state index < -0.39 is 0 Å². The van der Waals surface area contributed by atoms with Gasteiger partial charge in [-0.1, -0.05) is 15.9 Å². The first-order valence-electron chi connectivity index (χ1n) is 4.09. The maximum absolute atomic E-state index is 9.99. The second-order valence-corrected chi connectivity index (χ2v) is 3.89. The van der Waals surface area contributed by atoms with Crippen LogP contribution in [-0.2, 0) is 11.3 Å². The van der Waals surface area contributed by atoms with Crippen molar-refractivity contribution >= 4 is 22.0 Å². The third kappa shape index (κ3) is 2.03. The Kier molecular flexibility index (Phi) is 3.44. The second kappa shape index (κ2) is 4.40. The molecule has 14 heavy (non-hydrogen) atoms. The Hall–Kier alpha value is -1.12. The van der Waals surface area contributed by atoms with Crippen LogP contribution in [-0.4, -0.2) is 11.2 Å². The van der Waals surface area contributed by atoms with E-state index in [1.165, 1.54) is 6.08 Å². The van der Waals surface area contributed by atoms with Crippen LogP contribution >= 0.6 is 15.9 Å². The SMILES string of the molecule is Cc1cc(Br)c(C)c(CN=C=O)c1O. The quantitative estimate of drug-likeness (QED) is 0.653. The normalized spacial score (nSPS) is 9.64. The fraction of sp³-hybridized carbons (Fsp3) is 0.300. The molecule has 0 unspecified atom stereocenters. The standard InChI is InChI=1S/C10H10BrNO2/c1-6-3-9(11)7(2)8(10(6)14)4-12-5-13/h3,14H,4H2,1-2H3. The van der Waals surface area contributed by atoms with Crippen molar-refractivity contribution in [2.75, 3.05) is 0 Å². The molecule has 1 aromatic carbocycles. The summed E-state index contributed by atoms with van der Waals surface area (Å²) >= 11 is 3.37. The van der Waals surface area contributed by atoms with Crippen LogP contribution in [0.3, 0.4) is 0 Å². The number of halogens is 1. The zero-order chi connectivity index (χ0) is 10.7. The summed E-state index contributed by atoms with van der Waals surface area (Å²) in [5.74, 6) is 0.199. The van der Waals surface area contributed by atoms with Crippen LogP contribution < -0.4 is 0 Å². The maximum Gasteiger partial charge on any atom is 0.235 e. The highest BCUT2D eigenvalue weighted by Gasteiger charge is 2.10. The van der Waals surface area contributed by atoms with Gasteiger partial charge in [-0.2, -0.15) is 0 Å². The zero-order valence-electron chi connectivity index (χ0n) is 7.97. The minimum Gasteiger partial charge on any atom is -0.507 e. The number of aryl methyl sites for hydroxylation is 1. The van der Waals surface area contributed by atoms with Crippen LogP contribution in [0.5, 0.6) is 5.75 Å².